The number of rotatable bonds is 4. The van der Waals surface area contributed by atoms with Crippen LogP contribution in [0.4, 0.5) is 10.5 Å². The molecule has 0 fully saturated rings. The third-order valence-corrected chi connectivity index (χ3v) is 4.28. The van der Waals surface area contributed by atoms with Gasteiger partial charge in [-0.2, -0.15) is 0 Å². The topological polar surface area (TPSA) is 70.2 Å². The van der Waals surface area contributed by atoms with Gasteiger partial charge in [0.2, 0.25) is 0 Å². The lowest BCUT2D eigenvalue weighted by Crippen LogP contribution is -2.49. The molecule has 26 heavy (non-hydrogen) atoms. The number of anilines is 1. The average molecular weight is 368 g/mol. The first-order chi connectivity index (χ1) is 12.5. The molecule has 0 radical (unpaired) electrons. The highest BCUT2D eigenvalue weighted by molar-refractivity contribution is 6.33. The minimum absolute atomic E-state index is 0.328. The maximum absolute atomic E-state index is 12.8. The monoisotopic (exact) mass is 367 g/mol. The third-order valence-electron chi connectivity index (χ3n) is 3.95. The van der Waals surface area contributed by atoms with E-state index < -0.39 is 6.04 Å². The van der Waals surface area contributed by atoms with Gasteiger partial charge in [-0.25, -0.2) is 4.79 Å². The number of urea groups is 1. The van der Waals surface area contributed by atoms with Crippen LogP contribution < -0.4 is 16.0 Å². The predicted molar refractivity (Wildman–Crippen MR) is 104 cm³/mol. The van der Waals surface area contributed by atoms with Crippen molar-refractivity contribution in [2.75, 3.05) is 5.32 Å². The molecule has 0 saturated heterocycles. The van der Waals surface area contributed by atoms with Crippen molar-refractivity contribution in [2.24, 2.45) is 0 Å². The van der Waals surface area contributed by atoms with Gasteiger partial charge in [0, 0.05) is 5.70 Å². The Bertz CT molecular complexity index is 891. The Morgan fingerprint density at radius 3 is 2.54 bits per heavy atom. The molecule has 1 unspecified atom stereocenters. The SMILES string of the molecule is CC1=C(C(=O)Nc2ccccc2Cl)C(/C=C/c2ccccc2)NC(=O)N1. The van der Waals surface area contributed by atoms with Crippen LogP contribution >= 0.6 is 11.6 Å². The highest BCUT2D eigenvalue weighted by Crippen LogP contribution is 2.23. The number of benzene rings is 2. The van der Waals surface area contributed by atoms with Crippen LogP contribution in [0.2, 0.25) is 5.02 Å². The van der Waals surface area contributed by atoms with Crippen molar-refractivity contribution in [1.29, 1.82) is 0 Å². The lowest BCUT2D eigenvalue weighted by atomic mass is 10.0. The zero-order chi connectivity index (χ0) is 18.5. The second kappa shape index (κ2) is 7.89. The molecule has 1 heterocycles. The van der Waals surface area contributed by atoms with E-state index in [4.69, 9.17) is 11.6 Å². The molecule has 0 saturated carbocycles. The first-order valence-electron chi connectivity index (χ1n) is 8.12. The van der Waals surface area contributed by atoms with Crippen LogP contribution in [0, 0.1) is 0 Å². The number of hydrogen-bond acceptors (Lipinski definition) is 2. The summed E-state index contributed by atoms with van der Waals surface area (Å²) in [5.74, 6) is -0.328. The first kappa shape index (κ1) is 17.8. The highest BCUT2D eigenvalue weighted by atomic mass is 35.5. The van der Waals surface area contributed by atoms with Gasteiger partial charge in [0.25, 0.3) is 5.91 Å². The lowest BCUT2D eigenvalue weighted by molar-refractivity contribution is -0.113. The Morgan fingerprint density at radius 2 is 1.81 bits per heavy atom. The van der Waals surface area contributed by atoms with Gasteiger partial charge >= 0.3 is 6.03 Å². The van der Waals surface area contributed by atoms with Gasteiger partial charge in [-0.3, -0.25) is 4.79 Å². The van der Waals surface area contributed by atoms with E-state index >= 15 is 0 Å². The maximum atomic E-state index is 12.8. The molecule has 3 amide bonds. The molecule has 132 valence electrons. The fourth-order valence-corrected chi connectivity index (χ4v) is 2.88. The van der Waals surface area contributed by atoms with E-state index in [0.29, 0.717) is 22.0 Å². The van der Waals surface area contributed by atoms with Crippen molar-refractivity contribution in [3.8, 4) is 0 Å². The number of amides is 3. The molecular formula is C20H18ClN3O2. The summed E-state index contributed by atoms with van der Waals surface area (Å²) in [4.78, 5) is 24.6. The van der Waals surface area contributed by atoms with Crippen molar-refractivity contribution < 1.29 is 9.59 Å². The van der Waals surface area contributed by atoms with Gasteiger partial charge in [-0.1, -0.05) is 66.2 Å². The molecule has 2 aromatic carbocycles. The normalized spacial score (nSPS) is 17.0. The molecule has 1 aliphatic rings. The second-order valence-corrected chi connectivity index (χ2v) is 6.23. The molecule has 2 aromatic rings. The smallest absolute Gasteiger partial charge is 0.319 e. The van der Waals surface area contributed by atoms with Crippen LogP contribution in [0.25, 0.3) is 6.08 Å². The molecular weight excluding hydrogens is 350 g/mol. The first-order valence-corrected chi connectivity index (χ1v) is 8.50. The minimum atomic E-state index is -0.550. The Labute approximate surface area is 156 Å². The zero-order valence-electron chi connectivity index (χ0n) is 14.1. The van der Waals surface area contributed by atoms with E-state index in [-0.39, 0.29) is 11.9 Å². The summed E-state index contributed by atoms with van der Waals surface area (Å²) in [5.41, 5.74) is 2.42. The second-order valence-electron chi connectivity index (χ2n) is 5.82. The molecule has 1 aliphatic heterocycles. The van der Waals surface area contributed by atoms with Gasteiger partial charge in [0.1, 0.15) is 0 Å². The van der Waals surface area contributed by atoms with Crippen molar-refractivity contribution in [1.82, 2.24) is 10.6 Å². The number of para-hydroxylation sites is 1. The van der Waals surface area contributed by atoms with Crippen molar-refractivity contribution >= 4 is 35.3 Å². The number of carbonyl (C=O) groups is 2. The van der Waals surface area contributed by atoms with Crippen LogP contribution in [0.5, 0.6) is 0 Å². The van der Waals surface area contributed by atoms with E-state index in [0.717, 1.165) is 5.56 Å². The molecule has 3 N–H and O–H groups in total. The van der Waals surface area contributed by atoms with E-state index in [1.165, 1.54) is 0 Å². The summed E-state index contributed by atoms with van der Waals surface area (Å²) in [6.45, 7) is 1.70. The fourth-order valence-electron chi connectivity index (χ4n) is 2.70. The molecule has 6 heteroatoms. The van der Waals surface area contributed by atoms with Crippen molar-refractivity contribution in [3.05, 3.63) is 82.5 Å². The van der Waals surface area contributed by atoms with Crippen LogP contribution in [0.15, 0.2) is 71.9 Å². The van der Waals surface area contributed by atoms with Crippen LogP contribution in [0.1, 0.15) is 12.5 Å². The number of nitrogens with one attached hydrogen (secondary N) is 3. The van der Waals surface area contributed by atoms with Crippen LogP contribution in [0.3, 0.4) is 0 Å². The summed E-state index contributed by atoms with van der Waals surface area (Å²) in [6.07, 6.45) is 3.66. The van der Waals surface area contributed by atoms with Crippen LogP contribution in [-0.4, -0.2) is 18.0 Å². The van der Waals surface area contributed by atoms with Gasteiger partial charge in [0.05, 0.1) is 22.3 Å². The Morgan fingerprint density at radius 1 is 1.12 bits per heavy atom. The molecule has 1 atom stereocenters. The summed E-state index contributed by atoms with van der Waals surface area (Å²) in [5, 5.41) is 8.65. The number of hydrogen-bond donors (Lipinski definition) is 3. The molecule has 0 spiro atoms. The van der Waals surface area contributed by atoms with E-state index in [1.54, 1.807) is 37.3 Å². The predicted octanol–water partition coefficient (Wildman–Crippen LogP) is 3.95. The molecule has 3 rings (SSSR count). The van der Waals surface area contributed by atoms with Gasteiger partial charge in [-0.15, -0.1) is 0 Å². The molecule has 0 bridgehead atoms. The maximum Gasteiger partial charge on any atom is 0.319 e. The van der Waals surface area contributed by atoms with Gasteiger partial charge < -0.3 is 16.0 Å². The fraction of sp³-hybridized carbons (Fsp3) is 0.100. The average Bonchev–Trinajstić information content (AvgIpc) is 2.62. The van der Waals surface area contributed by atoms with Gasteiger partial charge in [0.15, 0.2) is 0 Å². The summed E-state index contributed by atoms with van der Waals surface area (Å²) in [6, 6.07) is 15.8. The quantitative estimate of drug-likeness (QED) is 0.765. The lowest BCUT2D eigenvalue weighted by Gasteiger charge is -2.26. The molecule has 5 nitrogen and oxygen atoms in total. The van der Waals surface area contributed by atoms with E-state index in [2.05, 4.69) is 16.0 Å². The summed E-state index contributed by atoms with van der Waals surface area (Å²) >= 11 is 6.11. The molecule has 0 aliphatic carbocycles. The number of halogens is 1. The summed E-state index contributed by atoms with van der Waals surface area (Å²) < 4.78 is 0. The van der Waals surface area contributed by atoms with E-state index in [9.17, 15) is 9.59 Å². The third kappa shape index (κ3) is 4.13. The Kier molecular flexibility index (Phi) is 5.39. The standard InChI is InChI=1S/C20H18ClN3O2/c1-13-18(19(25)23-16-10-6-5-9-15(16)21)17(24-20(26)22-13)12-11-14-7-3-2-4-8-14/h2-12,17H,1H3,(H,23,25)(H2,22,24,26)/b12-11+. The van der Waals surface area contributed by atoms with E-state index in [1.807, 2.05) is 36.4 Å². The van der Waals surface area contributed by atoms with Crippen molar-refractivity contribution in [2.45, 2.75) is 13.0 Å². The number of allylic oxidation sites excluding steroid dienone is 1. The Balaban J connectivity index is 1.87. The highest BCUT2D eigenvalue weighted by Gasteiger charge is 2.28. The zero-order valence-corrected chi connectivity index (χ0v) is 14.9. The van der Waals surface area contributed by atoms with Gasteiger partial charge in [-0.05, 0) is 24.6 Å². The van der Waals surface area contributed by atoms with Crippen LogP contribution in [-0.2, 0) is 4.79 Å². The summed E-state index contributed by atoms with van der Waals surface area (Å²) in [7, 11) is 0. The largest absolute Gasteiger partial charge is 0.327 e. The number of carbonyl (C=O) groups excluding carboxylic acids is 2. The molecule has 0 aromatic heterocycles. The minimum Gasteiger partial charge on any atom is -0.327 e. The van der Waals surface area contributed by atoms with Crippen molar-refractivity contribution in [3.63, 3.8) is 0 Å². The Hall–Kier alpha value is -3.05.